The molecule has 2 aromatic rings. The molecule has 0 aliphatic carbocycles. The van der Waals surface area contributed by atoms with Crippen molar-refractivity contribution in [3.05, 3.63) is 63.8 Å². The van der Waals surface area contributed by atoms with Gasteiger partial charge in [-0.15, -0.1) is 11.3 Å². The minimum Gasteiger partial charge on any atom is -0.468 e. The number of ether oxygens (including phenoxy) is 1. The van der Waals surface area contributed by atoms with Gasteiger partial charge < -0.3 is 9.84 Å². The standard InChI is InChI=1S/C14H10O3S/c15-11-8-13(10-5-3-7-17-14(10)16)18-12-6-2-1-4-9(11)12/h1-8,14,16H. The molecule has 18 heavy (non-hydrogen) atoms. The Hall–Kier alpha value is -1.91. The minimum atomic E-state index is -1.01. The number of rotatable bonds is 1. The zero-order valence-corrected chi connectivity index (χ0v) is 10.2. The average Bonchev–Trinajstić information content (AvgIpc) is 2.39. The van der Waals surface area contributed by atoms with Crippen LogP contribution in [0.4, 0.5) is 0 Å². The monoisotopic (exact) mass is 258 g/mol. The van der Waals surface area contributed by atoms with Crippen LogP contribution in [-0.4, -0.2) is 11.4 Å². The summed E-state index contributed by atoms with van der Waals surface area (Å²) in [5.41, 5.74) is 0.576. The highest BCUT2D eigenvalue weighted by Gasteiger charge is 2.17. The maximum atomic E-state index is 12.0. The second-order valence-electron chi connectivity index (χ2n) is 3.91. The maximum absolute atomic E-state index is 12.0. The Balaban J connectivity index is 2.22. The van der Waals surface area contributed by atoms with Gasteiger partial charge in [-0.2, -0.15) is 0 Å². The molecule has 1 aliphatic rings. The fourth-order valence-corrected chi connectivity index (χ4v) is 2.98. The fourth-order valence-electron chi connectivity index (χ4n) is 1.87. The van der Waals surface area contributed by atoms with Gasteiger partial charge in [0.2, 0.25) is 6.29 Å². The van der Waals surface area contributed by atoms with Crippen molar-refractivity contribution in [1.29, 1.82) is 0 Å². The van der Waals surface area contributed by atoms with Gasteiger partial charge in [0.25, 0.3) is 0 Å². The molecule has 0 saturated carbocycles. The van der Waals surface area contributed by atoms with E-state index < -0.39 is 6.29 Å². The second kappa shape index (κ2) is 4.40. The lowest BCUT2D eigenvalue weighted by Gasteiger charge is -2.16. The topological polar surface area (TPSA) is 46.5 Å². The molecule has 1 atom stereocenters. The lowest BCUT2D eigenvalue weighted by atomic mass is 10.1. The van der Waals surface area contributed by atoms with Crippen molar-refractivity contribution >= 4 is 27.0 Å². The van der Waals surface area contributed by atoms with E-state index in [0.29, 0.717) is 11.0 Å². The first-order chi connectivity index (χ1) is 8.75. The number of hydrogen-bond donors (Lipinski definition) is 1. The Kier molecular flexibility index (Phi) is 2.74. The summed E-state index contributed by atoms with van der Waals surface area (Å²) in [7, 11) is 0. The van der Waals surface area contributed by atoms with Gasteiger partial charge in [0.1, 0.15) is 0 Å². The highest BCUT2D eigenvalue weighted by atomic mass is 32.1. The Morgan fingerprint density at radius 3 is 2.94 bits per heavy atom. The van der Waals surface area contributed by atoms with E-state index in [9.17, 15) is 9.90 Å². The average molecular weight is 258 g/mol. The third-order valence-corrected chi connectivity index (χ3v) is 3.90. The van der Waals surface area contributed by atoms with Crippen LogP contribution in [-0.2, 0) is 4.74 Å². The van der Waals surface area contributed by atoms with Crippen molar-refractivity contribution in [2.75, 3.05) is 0 Å². The van der Waals surface area contributed by atoms with Crippen LogP contribution in [0.2, 0.25) is 0 Å². The van der Waals surface area contributed by atoms with Crippen molar-refractivity contribution < 1.29 is 9.84 Å². The van der Waals surface area contributed by atoms with Gasteiger partial charge in [-0.1, -0.05) is 12.1 Å². The van der Waals surface area contributed by atoms with Crippen LogP contribution < -0.4 is 5.43 Å². The number of aliphatic hydroxyl groups is 1. The minimum absolute atomic E-state index is 0.0398. The van der Waals surface area contributed by atoms with E-state index in [1.165, 1.54) is 17.6 Å². The molecule has 3 nitrogen and oxygen atoms in total. The first kappa shape index (κ1) is 11.2. The Morgan fingerprint density at radius 1 is 1.28 bits per heavy atom. The molecule has 90 valence electrons. The summed E-state index contributed by atoms with van der Waals surface area (Å²) in [6, 6.07) is 8.99. The van der Waals surface area contributed by atoms with Crippen molar-refractivity contribution in [2.24, 2.45) is 0 Å². The molecule has 4 heteroatoms. The molecule has 1 aromatic carbocycles. The second-order valence-corrected chi connectivity index (χ2v) is 4.99. The highest BCUT2D eigenvalue weighted by Crippen LogP contribution is 2.28. The molecule has 0 saturated heterocycles. The molecule has 0 amide bonds. The van der Waals surface area contributed by atoms with Crippen LogP contribution in [0.25, 0.3) is 15.7 Å². The Labute approximate surface area is 107 Å². The number of aliphatic hydroxyl groups excluding tert-OH is 1. The maximum Gasteiger partial charge on any atom is 0.224 e. The van der Waals surface area contributed by atoms with Gasteiger partial charge in [0, 0.05) is 26.6 Å². The summed E-state index contributed by atoms with van der Waals surface area (Å²) in [5, 5.41) is 10.5. The van der Waals surface area contributed by atoms with E-state index in [1.807, 2.05) is 18.2 Å². The summed E-state index contributed by atoms with van der Waals surface area (Å²) in [5.74, 6) is 0. The molecule has 3 rings (SSSR count). The van der Waals surface area contributed by atoms with E-state index >= 15 is 0 Å². The molecule has 1 unspecified atom stereocenters. The van der Waals surface area contributed by atoms with E-state index in [4.69, 9.17) is 4.74 Å². The highest BCUT2D eigenvalue weighted by molar-refractivity contribution is 7.19. The third kappa shape index (κ3) is 1.85. The lowest BCUT2D eigenvalue weighted by molar-refractivity contribution is -0.00430. The molecule has 0 bridgehead atoms. The van der Waals surface area contributed by atoms with E-state index in [-0.39, 0.29) is 5.43 Å². The number of benzene rings is 1. The molecule has 1 aliphatic heterocycles. The molecular formula is C14H10O3S. The van der Waals surface area contributed by atoms with Crippen LogP contribution in [0.5, 0.6) is 0 Å². The first-order valence-corrected chi connectivity index (χ1v) is 6.31. The van der Waals surface area contributed by atoms with Gasteiger partial charge >= 0.3 is 0 Å². The summed E-state index contributed by atoms with van der Waals surface area (Å²) in [4.78, 5) is 12.7. The Bertz CT molecular complexity index is 712. The lowest BCUT2D eigenvalue weighted by Crippen LogP contribution is -2.14. The normalized spacial score (nSPS) is 18.5. The predicted molar refractivity (Wildman–Crippen MR) is 72.3 cm³/mol. The molecule has 0 radical (unpaired) electrons. The fraction of sp³-hybridized carbons (Fsp3) is 0.0714. The van der Waals surface area contributed by atoms with Gasteiger partial charge in [-0.25, -0.2) is 0 Å². The largest absolute Gasteiger partial charge is 0.468 e. The van der Waals surface area contributed by atoms with Gasteiger partial charge in [0.05, 0.1) is 6.26 Å². The smallest absolute Gasteiger partial charge is 0.224 e. The summed E-state index contributed by atoms with van der Waals surface area (Å²) in [6.07, 6.45) is 3.88. The zero-order chi connectivity index (χ0) is 12.5. The molecule has 2 heterocycles. The van der Waals surface area contributed by atoms with E-state index in [0.717, 1.165) is 9.58 Å². The molecule has 0 spiro atoms. The van der Waals surface area contributed by atoms with Crippen molar-refractivity contribution in [3.63, 3.8) is 0 Å². The molecule has 1 aromatic heterocycles. The van der Waals surface area contributed by atoms with Crippen LogP contribution in [0, 0.1) is 0 Å². The zero-order valence-electron chi connectivity index (χ0n) is 9.37. The van der Waals surface area contributed by atoms with E-state index in [1.54, 1.807) is 24.3 Å². The van der Waals surface area contributed by atoms with Gasteiger partial charge in [-0.05, 0) is 24.3 Å². The third-order valence-electron chi connectivity index (χ3n) is 2.75. The summed E-state index contributed by atoms with van der Waals surface area (Å²) in [6.45, 7) is 0. The van der Waals surface area contributed by atoms with Crippen LogP contribution in [0.3, 0.4) is 0 Å². The molecule has 1 N–H and O–H groups in total. The van der Waals surface area contributed by atoms with Crippen LogP contribution in [0.15, 0.2) is 53.5 Å². The summed E-state index contributed by atoms with van der Waals surface area (Å²) >= 11 is 1.47. The van der Waals surface area contributed by atoms with Gasteiger partial charge in [-0.3, -0.25) is 4.79 Å². The SMILES string of the molecule is O=c1cc(C2=CC=COC2O)sc2ccccc12. The molecular weight excluding hydrogens is 248 g/mol. The molecule has 0 fully saturated rings. The number of allylic oxidation sites excluding steroid dienone is 2. The van der Waals surface area contributed by atoms with Crippen molar-refractivity contribution in [1.82, 2.24) is 0 Å². The van der Waals surface area contributed by atoms with Gasteiger partial charge in [0.15, 0.2) is 5.43 Å². The number of fused-ring (bicyclic) bond motifs is 1. The predicted octanol–water partition coefficient (Wildman–Crippen LogP) is 2.51. The van der Waals surface area contributed by atoms with E-state index in [2.05, 4.69) is 0 Å². The number of hydrogen-bond acceptors (Lipinski definition) is 4. The van der Waals surface area contributed by atoms with Crippen LogP contribution in [0.1, 0.15) is 4.88 Å². The quantitative estimate of drug-likeness (QED) is 0.855. The summed E-state index contributed by atoms with van der Waals surface area (Å²) < 4.78 is 5.91. The van der Waals surface area contributed by atoms with Crippen molar-refractivity contribution in [3.8, 4) is 0 Å². The Morgan fingerprint density at radius 2 is 2.11 bits per heavy atom. The van der Waals surface area contributed by atoms with Crippen LogP contribution >= 0.6 is 11.3 Å². The first-order valence-electron chi connectivity index (χ1n) is 5.49. The van der Waals surface area contributed by atoms with Crippen molar-refractivity contribution in [2.45, 2.75) is 6.29 Å².